The van der Waals surface area contributed by atoms with Crippen molar-refractivity contribution < 1.29 is 0 Å². The van der Waals surface area contributed by atoms with Crippen molar-refractivity contribution in [3.63, 3.8) is 0 Å². The molecule has 0 unspecified atom stereocenters. The number of hydrogen-bond acceptors (Lipinski definition) is 7. The average molecular weight is 402 g/mol. The molecule has 0 amide bonds. The van der Waals surface area contributed by atoms with Gasteiger partial charge < -0.3 is 10.6 Å². The van der Waals surface area contributed by atoms with Gasteiger partial charge in [-0.2, -0.15) is 4.98 Å². The maximum atomic E-state index is 4.60. The molecule has 1 aliphatic rings. The molecule has 7 heteroatoms. The first-order chi connectivity index (χ1) is 14.8. The Bertz CT molecular complexity index is 989. The van der Waals surface area contributed by atoms with Gasteiger partial charge in [0, 0.05) is 49.8 Å². The Kier molecular flexibility index (Phi) is 6.74. The highest BCUT2D eigenvalue weighted by molar-refractivity contribution is 5.59. The normalized spacial score (nSPS) is 15.5. The summed E-state index contributed by atoms with van der Waals surface area (Å²) in [5.41, 5.74) is 4.27. The fourth-order valence-electron chi connectivity index (χ4n) is 3.57. The van der Waals surface area contributed by atoms with Crippen LogP contribution in [0.2, 0.25) is 0 Å². The Labute approximate surface area is 177 Å². The molecule has 1 aromatic carbocycles. The lowest BCUT2D eigenvalue weighted by molar-refractivity contribution is 0.293. The molecule has 0 aliphatic carbocycles. The lowest BCUT2D eigenvalue weighted by atomic mass is 10.1. The van der Waals surface area contributed by atoms with Crippen LogP contribution in [0.25, 0.3) is 11.4 Å². The topological polar surface area (TPSA) is 78.9 Å². The van der Waals surface area contributed by atoms with Crippen LogP contribution in [-0.4, -0.2) is 51.0 Å². The third kappa shape index (κ3) is 5.46. The molecule has 7 nitrogen and oxygen atoms in total. The van der Waals surface area contributed by atoms with E-state index in [9.17, 15) is 0 Å². The number of nitrogens with one attached hydrogen (secondary N) is 2. The van der Waals surface area contributed by atoms with Crippen LogP contribution < -0.4 is 10.6 Å². The maximum Gasteiger partial charge on any atom is 0.230 e. The Morgan fingerprint density at radius 2 is 2.07 bits per heavy atom. The van der Waals surface area contributed by atoms with E-state index >= 15 is 0 Å². The zero-order chi connectivity index (χ0) is 20.6. The Balaban J connectivity index is 1.63. The fourth-order valence-corrected chi connectivity index (χ4v) is 3.57. The summed E-state index contributed by atoms with van der Waals surface area (Å²) in [7, 11) is 0. The highest BCUT2D eigenvalue weighted by Gasteiger charge is 2.09. The summed E-state index contributed by atoms with van der Waals surface area (Å²) >= 11 is 0. The van der Waals surface area contributed by atoms with Gasteiger partial charge in [0.1, 0.15) is 6.33 Å². The van der Waals surface area contributed by atoms with E-state index in [0.717, 1.165) is 56.8 Å². The second-order valence-electron chi connectivity index (χ2n) is 7.42. The van der Waals surface area contributed by atoms with Crippen LogP contribution >= 0.6 is 0 Å². The number of fused-ring (bicyclic) bond motifs is 7. The van der Waals surface area contributed by atoms with Gasteiger partial charge in [-0.15, -0.1) is 6.58 Å². The summed E-state index contributed by atoms with van der Waals surface area (Å²) < 4.78 is 0. The van der Waals surface area contributed by atoms with Crippen LogP contribution in [0.5, 0.6) is 0 Å². The molecule has 3 aromatic rings. The van der Waals surface area contributed by atoms with Gasteiger partial charge >= 0.3 is 0 Å². The minimum Gasteiger partial charge on any atom is -0.324 e. The van der Waals surface area contributed by atoms with Crippen molar-refractivity contribution in [1.29, 1.82) is 0 Å². The number of aromatic nitrogens is 4. The van der Waals surface area contributed by atoms with Crippen LogP contribution in [0.1, 0.15) is 17.5 Å². The van der Waals surface area contributed by atoms with E-state index in [1.165, 1.54) is 17.5 Å². The number of benzene rings is 1. The van der Waals surface area contributed by atoms with Crippen LogP contribution in [0.15, 0.2) is 61.7 Å². The highest BCUT2D eigenvalue weighted by Crippen LogP contribution is 2.20. The molecule has 30 heavy (non-hydrogen) atoms. The molecular formula is C23H27N7. The highest BCUT2D eigenvalue weighted by atomic mass is 15.1. The molecule has 154 valence electrons. The fraction of sp³-hybridized carbons (Fsp3) is 0.304. The minimum absolute atomic E-state index is 0.524. The number of aryl methyl sites for hydroxylation is 1. The van der Waals surface area contributed by atoms with Crippen molar-refractivity contribution in [2.75, 3.05) is 31.5 Å². The maximum absolute atomic E-state index is 4.60. The van der Waals surface area contributed by atoms with Crippen molar-refractivity contribution >= 4 is 11.6 Å². The van der Waals surface area contributed by atoms with Crippen molar-refractivity contribution in [3.05, 3.63) is 72.8 Å². The number of pyridine rings is 1. The molecule has 0 saturated heterocycles. The zero-order valence-electron chi connectivity index (χ0n) is 17.1. The Morgan fingerprint density at radius 3 is 3.00 bits per heavy atom. The Hall–Kier alpha value is -3.16. The van der Waals surface area contributed by atoms with Crippen molar-refractivity contribution in [3.8, 4) is 11.4 Å². The van der Waals surface area contributed by atoms with Crippen LogP contribution in [-0.2, 0) is 13.0 Å². The second-order valence-corrected chi connectivity index (χ2v) is 7.42. The molecule has 2 N–H and O–H groups in total. The average Bonchev–Trinajstić information content (AvgIpc) is 2.76. The van der Waals surface area contributed by atoms with Crippen molar-refractivity contribution in [2.24, 2.45) is 0 Å². The molecule has 0 saturated carbocycles. The smallest absolute Gasteiger partial charge is 0.230 e. The van der Waals surface area contributed by atoms with E-state index in [-0.39, 0.29) is 0 Å². The largest absolute Gasteiger partial charge is 0.324 e. The summed E-state index contributed by atoms with van der Waals surface area (Å²) in [6, 6.07) is 10.5. The molecule has 4 rings (SSSR count). The minimum atomic E-state index is 0.524. The third-order valence-corrected chi connectivity index (χ3v) is 5.03. The van der Waals surface area contributed by atoms with Gasteiger partial charge in [0.15, 0.2) is 5.82 Å². The number of anilines is 2. The van der Waals surface area contributed by atoms with E-state index in [2.05, 4.69) is 66.3 Å². The molecular weight excluding hydrogens is 374 g/mol. The molecule has 3 heterocycles. The molecule has 0 atom stereocenters. The van der Waals surface area contributed by atoms with E-state index in [4.69, 9.17) is 0 Å². The summed E-state index contributed by atoms with van der Waals surface area (Å²) in [6.07, 6.45) is 9.23. The number of nitrogens with zero attached hydrogens (tertiary/aromatic N) is 5. The van der Waals surface area contributed by atoms with Gasteiger partial charge in [-0.1, -0.05) is 18.2 Å². The van der Waals surface area contributed by atoms with Gasteiger partial charge in [-0.3, -0.25) is 9.88 Å². The summed E-state index contributed by atoms with van der Waals surface area (Å²) in [6.45, 7) is 8.52. The first kappa shape index (κ1) is 20.1. The van der Waals surface area contributed by atoms with E-state index in [1.807, 2.05) is 18.3 Å². The first-order valence-electron chi connectivity index (χ1n) is 10.3. The quantitative estimate of drug-likeness (QED) is 0.639. The monoisotopic (exact) mass is 401 g/mol. The van der Waals surface area contributed by atoms with E-state index < -0.39 is 0 Å². The van der Waals surface area contributed by atoms with Crippen molar-refractivity contribution in [1.82, 2.24) is 30.2 Å². The van der Waals surface area contributed by atoms with Gasteiger partial charge in [0.2, 0.25) is 5.95 Å². The predicted molar refractivity (Wildman–Crippen MR) is 119 cm³/mol. The predicted octanol–water partition coefficient (Wildman–Crippen LogP) is 3.20. The van der Waals surface area contributed by atoms with Crippen LogP contribution in [0, 0.1) is 0 Å². The van der Waals surface area contributed by atoms with Crippen LogP contribution in [0.3, 0.4) is 0 Å². The van der Waals surface area contributed by atoms with E-state index in [0.29, 0.717) is 11.8 Å². The molecule has 0 fully saturated rings. The van der Waals surface area contributed by atoms with Gasteiger partial charge in [0.05, 0.1) is 0 Å². The number of rotatable bonds is 2. The summed E-state index contributed by atoms with van der Waals surface area (Å²) in [5.74, 6) is 1.14. The van der Waals surface area contributed by atoms with E-state index in [1.54, 1.807) is 6.20 Å². The second kappa shape index (κ2) is 10.0. The Morgan fingerprint density at radius 1 is 1.10 bits per heavy atom. The molecule has 2 aromatic heterocycles. The van der Waals surface area contributed by atoms with Gasteiger partial charge in [-0.05, 0) is 48.7 Å². The summed E-state index contributed by atoms with van der Waals surface area (Å²) in [5, 5.41) is 6.86. The molecule has 6 bridgehead atoms. The SMILES string of the molecule is C=CCN1CCNCCCc2cncc(c2)-c2ncnc(n2)Nc2cccc(c2)C1. The van der Waals surface area contributed by atoms with Gasteiger partial charge in [-0.25, -0.2) is 9.97 Å². The lowest BCUT2D eigenvalue weighted by Crippen LogP contribution is -2.32. The zero-order valence-corrected chi connectivity index (χ0v) is 17.1. The summed E-state index contributed by atoms with van der Waals surface area (Å²) in [4.78, 5) is 20.0. The standard InChI is InChI=1S/C23H27N7/c1-2-10-30-11-9-24-8-4-6-18-12-20(15-25-14-18)22-26-17-27-23(29-22)28-21-7-3-5-19(13-21)16-30/h2-3,5,7,12-15,17,24H,1,4,6,8-11,16H2,(H,26,27,28,29). The molecule has 1 aliphatic heterocycles. The van der Waals surface area contributed by atoms with Gasteiger partial charge in [0.25, 0.3) is 0 Å². The lowest BCUT2D eigenvalue weighted by Gasteiger charge is -2.21. The third-order valence-electron chi connectivity index (χ3n) is 5.03. The number of hydrogen-bond donors (Lipinski definition) is 2. The first-order valence-corrected chi connectivity index (χ1v) is 10.3. The van der Waals surface area contributed by atoms with Crippen molar-refractivity contribution in [2.45, 2.75) is 19.4 Å². The molecule has 0 spiro atoms. The van der Waals surface area contributed by atoms with Crippen LogP contribution in [0.4, 0.5) is 11.6 Å². The molecule has 0 radical (unpaired) electrons.